The number of amides is 2. The van der Waals surface area contributed by atoms with Crippen LogP contribution in [0, 0.1) is 11.8 Å². The molecule has 2 bridgehead atoms. The standard InChI is InChI=1S/C35H36ClN5O4S2/c1-41-28-10-6-5-9-27(28)33(21-7-3-2-4-8-21)39-34(35(41)43)37-20-30(42)38-26-14-13-22-17-23-11-12-24(18-25(22)19-26)32(23)40-47(44,45)31-16-15-29(36)46-31/h2-10,13-16,19,23-24,32-34,37,39-40H,11-12,17-18,20H2,1H3,(H,38,42)/t23?,24?,32?,33?,34-/m0/s1. The van der Waals surface area contributed by atoms with Crippen molar-refractivity contribution in [3.05, 3.63) is 112 Å². The highest BCUT2D eigenvalue weighted by molar-refractivity contribution is 7.91. The maximum Gasteiger partial charge on any atom is 0.258 e. The van der Waals surface area contributed by atoms with Gasteiger partial charge in [-0.1, -0.05) is 66.2 Å². The Morgan fingerprint density at radius 3 is 2.43 bits per heavy atom. The van der Waals surface area contributed by atoms with E-state index in [2.05, 4.69) is 20.7 Å². The molecule has 5 atom stereocenters. The third kappa shape index (κ3) is 6.61. The van der Waals surface area contributed by atoms with Crippen molar-refractivity contribution in [3.8, 4) is 0 Å². The molecule has 2 aliphatic carbocycles. The normalized spacial score (nSPS) is 23.8. The van der Waals surface area contributed by atoms with Gasteiger partial charge in [-0.25, -0.2) is 13.1 Å². The number of fused-ring (bicyclic) bond motifs is 4. The van der Waals surface area contributed by atoms with Gasteiger partial charge in [0.25, 0.3) is 5.91 Å². The number of carbonyl (C=O) groups excluding carboxylic acids is 2. The molecule has 2 amide bonds. The van der Waals surface area contributed by atoms with Gasteiger partial charge in [0.15, 0.2) is 0 Å². The fourth-order valence-electron chi connectivity index (χ4n) is 7.30. The van der Waals surface area contributed by atoms with Gasteiger partial charge < -0.3 is 10.2 Å². The lowest BCUT2D eigenvalue weighted by molar-refractivity contribution is -0.121. The van der Waals surface area contributed by atoms with Crippen LogP contribution in [-0.4, -0.2) is 46.0 Å². The minimum atomic E-state index is -3.66. The minimum absolute atomic E-state index is 0.0759. The first-order valence-corrected chi connectivity index (χ1v) is 18.4. The van der Waals surface area contributed by atoms with E-state index in [0.29, 0.717) is 10.0 Å². The van der Waals surface area contributed by atoms with Gasteiger partial charge in [-0.15, -0.1) is 11.3 Å². The van der Waals surface area contributed by atoms with Crippen LogP contribution in [0.1, 0.15) is 41.1 Å². The monoisotopic (exact) mass is 689 g/mol. The molecule has 47 heavy (non-hydrogen) atoms. The van der Waals surface area contributed by atoms with Crippen LogP contribution >= 0.6 is 22.9 Å². The second-order valence-corrected chi connectivity index (χ2v) is 16.2. The molecule has 2 heterocycles. The Morgan fingerprint density at radius 2 is 1.68 bits per heavy atom. The first-order valence-electron chi connectivity index (χ1n) is 15.8. The summed E-state index contributed by atoms with van der Waals surface area (Å²) in [6.45, 7) is -0.0759. The zero-order valence-corrected chi connectivity index (χ0v) is 28.2. The average Bonchev–Trinajstić information content (AvgIpc) is 3.60. The summed E-state index contributed by atoms with van der Waals surface area (Å²) >= 11 is 7.07. The number of nitrogens with one attached hydrogen (secondary N) is 4. The number of hydrogen-bond donors (Lipinski definition) is 4. The van der Waals surface area contributed by atoms with Crippen molar-refractivity contribution in [1.29, 1.82) is 0 Å². The molecule has 1 saturated carbocycles. The van der Waals surface area contributed by atoms with E-state index in [9.17, 15) is 18.0 Å². The summed E-state index contributed by atoms with van der Waals surface area (Å²) in [5.74, 6) is -0.0958. The number of carbonyl (C=O) groups is 2. The molecule has 9 nitrogen and oxygen atoms in total. The summed E-state index contributed by atoms with van der Waals surface area (Å²) in [4.78, 5) is 28.4. The number of sulfonamides is 1. The van der Waals surface area contributed by atoms with Crippen LogP contribution in [0.4, 0.5) is 11.4 Å². The Bertz CT molecular complexity index is 1920. The maximum atomic E-state index is 13.5. The van der Waals surface area contributed by atoms with Gasteiger partial charge in [-0.3, -0.25) is 20.2 Å². The van der Waals surface area contributed by atoms with Gasteiger partial charge in [0, 0.05) is 24.5 Å². The highest BCUT2D eigenvalue weighted by Crippen LogP contribution is 2.42. The lowest BCUT2D eigenvalue weighted by atomic mass is 9.93. The van der Waals surface area contributed by atoms with Gasteiger partial charge in [0.1, 0.15) is 10.4 Å². The van der Waals surface area contributed by atoms with Crippen LogP contribution in [0.25, 0.3) is 0 Å². The Kier molecular flexibility index (Phi) is 8.94. The van der Waals surface area contributed by atoms with Gasteiger partial charge in [0.2, 0.25) is 15.9 Å². The summed E-state index contributed by atoms with van der Waals surface area (Å²) in [5.41, 5.74) is 5.79. The Morgan fingerprint density at radius 1 is 0.957 bits per heavy atom. The first kappa shape index (κ1) is 32.0. The third-order valence-corrected chi connectivity index (χ3v) is 12.8. The largest absolute Gasteiger partial charge is 0.325 e. The summed E-state index contributed by atoms with van der Waals surface area (Å²) in [7, 11) is -1.91. The number of nitrogens with zero attached hydrogens (tertiary/aromatic N) is 1. The van der Waals surface area contributed by atoms with Crippen molar-refractivity contribution in [1.82, 2.24) is 15.4 Å². The second kappa shape index (κ2) is 13.1. The summed E-state index contributed by atoms with van der Waals surface area (Å²) < 4.78 is 29.9. The molecule has 3 aromatic carbocycles. The van der Waals surface area contributed by atoms with E-state index in [1.54, 1.807) is 24.1 Å². The molecular weight excluding hydrogens is 654 g/mol. The average molecular weight is 690 g/mol. The smallest absolute Gasteiger partial charge is 0.258 e. The van der Waals surface area contributed by atoms with E-state index >= 15 is 0 Å². The van der Waals surface area contributed by atoms with Crippen LogP contribution in [-0.2, 0) is 32.5 Å². The zero-order chi connectivity index (χ0) is 32.7. The molecule has 4 unspecified atom stereocenters. The molecule has 1 aliphatic heterocycles. The van der Waals surface area contributed by atoms with Gasteiger partial charge in [-0.2, -0.15) is 0 Å². The number of likely N-dealkylation sites (N-methyl/N-ethyl adjacent to an activating group) is 1. The minimum Gasteiger partial charge on any atom is -0.325 e. The second-order valence-electron chi connectivity index (χ2n) is 12.5. The van der Waals surface area contributed by atoms with Gasteiger partial charge in [-0.05, 0) is 90.1 Å². The molecule has 1 aromatic heterocycles. The van der Waals surface area contributed by atoms with E-state index in [4.69, 9.17) is 11.6 Å². The van der Waals surface area contributed by atoms with E-state index in [1.165, 1.54) is 5.56 Å². The highest BCUT2D eigenvalue weighted by Gasteiger charge is 2.41. The number of hydrogen-bond acceptors (Lipinski definition) is 7. The maximum absolute atomic E-state index is 13.5. The van der Waals surface area contributed by atoms with Crippen LogP contribution in [0.5, 0.6) is 0 Å². The fourth-order valence-corrected chi connectivity index (χ4v) is 10.2. The molecular formula is C35H36ClN5O4S2. The van der Waals surface area contributed by atoms with Crippen LogP contribution < -0.4 is 25.6 Å². The molecule has 1 fully saturated rings. The number of thiophene rings is 1. The topological polar surface area (TPSA) is 120 Å². The molecule has 4 N–H and O–H groups in total. The van der Waals surface area contributed by atoms with Gasteiger partial charge in [0.05, 0.1) is 16.9 Å². The lowest BCUT2D eigenvalue weighted by Gasteiger charge is -2.24. The van der Waals surface area contributed by atoms with Crippen LogP contribution in [0.15, 0.2) is 89.1 Å². The molecule has 3 aliphatic rings. The Hall–Kier alpha value is -3.58. The van der Waals surface area contributed by atoms with E-state index in [1.807, 2.05) is 72.8 Å². The number of rotatable bonds is 8. The Labute approximate surface area is 283 Å². The van der Waals surface area contributed by atoms with Crippen LogP contribution in [0.2, 0.25) is 4.34 Å². The van der Waals surface area contributed by atoms with E-state index in [-0.39, 0.29) is 46.5 Å². The molecule has 0 radical (unpaired) electrons. The first-order chi connectivity index (χ1) is 22.7. The predicted octanol–water partition coefficient (Wildman–Crippen LogP) is 5.08. The van der Waals surface area contributed by atoms with Gasteiger partial charge >= 0.3 is 0 Å². The van der Waals surface area contributed by atoms with Crippen molar-refractivity contribution >= 4 is 56.2 Å². The van der Waals surface area contributed by atoms with Crippen molar-refractivity contribution in [2.45, 2.75) is 48.1 Å². The molecule has 7 rings (SSSR count). The summed E-state index contributed by atoms with van der Waals surface area (Å²) in [6.07, 6.45) is 2.60. The lowest BCUT2D eigenvalue weighted by Crippen LogP contribution is -2.54. The van der Waals surface area contributed by atoms with Crippen molar-refractivity contribution < 1.29 is 18.0 Å². The quantitative estimate of drug-likeness (QED) is 0.205. The number of anilines is 2. The molecule has 4 aromatic rings. The van der Waals surface area contributed by atoms with E-state index < -0.39 is 16.2 Å². The van der Waals surface area contributed by atoms with Crippen molar-refractivity contribution in [2.75, 3.05) is 23.8 Å². The van der Waals surface area contributed by atoms with Crippen molar-refractivity contribution in [2.24, 2.45) is 11.8 Å². The fraction of sp³-hybridized carbons (Fsp3) is 0.314. The molecule has 12 heteroatoms. The van der Waals surface area contributed by atoms with Crippen molar-refractivity contribution in [3.63, 3.8) is 0 Å². The predicted molar refractivity (Wildman–Crippen MR) is 185 cm³/mol. The SMILES string of the molecule is CN1C(=O)[C@@H](NCC(=O)Nc2ccc3c(c2)CC2CCC(C3)C2NS(=O)(=O)c2ccc(Cl)s2)NC(c2ccccc2)c2ccccc21. The summed E-state index contributed by atoms with van der Waals surface area (Å²) in [6, 6.07) is 26.4. The number of halogens is 1. The third-order valence-electron chi connectivity index (χ3n) is 9.60. The zero-order valence-electron chi connectivity index (χ0n) is 25.8. The highest BCUT2D eigenvalue weighted by atomic mass is 35.5. The molecule has 244 valence electrons. The van der Waals surface area contributed by atoms with Crippen LogP contribution in [0.3, 0.4) is 0 Å². The van der Waals surface area contributed by atoms with E-state index in [0.717, 1.165) is 59.4 Å². The molecule has 0 spiro atoms. The molecule has 0 saturated heterocycles. The Balaban J connectivity index is 1.02. The summed E-state index contributed by atoms with van der Waals surface area (Å²) in [5, 5.41) is 9.59. The number of para-hydroxylation sites is 1. The number of benzene rings is 3.